The van der Waals surface area contributed by atoms with Crippen LogP contribution in [-0.2, 0) is 21.2 Å². The fourth-order valence-electron chi connectivity index (χ4n) is 3.48. The van der Waals surface area contributed by atoms with Crippen LogP contribution < -0.4 is 10.2 Å². The summed E-state index contributed by atoms with van der Waals surface area (Å²) in [5.74, 6) is -0.787. The molecule has 0 saturated carbocycles. The number of nitrogens with zero attached hydrogens (tertiary/aromatic N) is 3. The third-order valence-electron chi connectivity index (χ3n) is 5.22. The number of sulfone groups is 1. The highest BCUT2D eigenvalue weighted by Crippen LogP contribution is 2.32. The Bertz CT molecular complexity index is 1430. The van der Waals surface area contributed by atoms with Crippen LogP contribution in [-0.4, -0.2) is 48.2 Å². The Balaban J connectivity index is 1.47. The first kappa shape index (κ1) is 24.9. The lowest BCUT2D eigenvalue weighted by molar-refractivity contribution is -0.116. The van der Waals surface area contributed by atoms with Gasteiger partial charge in [-0.2, -0.15) is 13.2 Å². The first-order valence-corrected chi connectivity index (χ1v) is 11.8. The summed E-state index contributed by atoms with van der Waals surface area (Å²) < 4.78 is 61.3. The van der Waals surface area contributed by atoms with Crippen molar-refractivity contribution in [3.8, 4) is 0 Å². The molecule has 1 N–H and O–H groups in total. The molecule has 0 atom stereocenters. The van der Waals surface area contributed by atoms with Crippen molar-refractivity contribution in [3.05, 3.63) is 84.1 Å². The van der Waals surface area contributed by atoms with Gasteiger partial charge >= 0.3 is 11.5 Å². The van der Waals surface area contributed by atoms with Crippen LogP contribution in [0.15, 0.2) is 77.8 Å². The largest absolute Gasteiger partial charge is 0.501 e. The Labute approximate surface area is 203 Å². The van der Waals surface area contributed by atoms with Gasteiger partial charge in [-0.3, -0.25) is 9.59 Å². The number of anilines is 2. The quantitative estimate of drug-likeness (QED) is 0.499. The molecule has 1 fully saturated rings. The second-order valence-corrected chi connectivity index (χ2v) is 9.62. The molecule has 0 bridgehead atoms. The average Bonchev–Trinajstić information content (AvgIpc) is 3.11. The number of nitrogens with one attached hydrogen (secondary N) is 1. The first-order valence-electron chi connectivity index (χ1n) is 10.3. The molecule has 36 heavy (non-hydrogen) atoms. The summed E-state index contributed by atoms with van der Waals surface area (Å²) in [4.78, 5) is 42.7. The zero-order chi connectivity index (χ0) is 26.1. The van der Waals surface area contributed by atoms with Crippen molar-refractivity contribution >= 4 is 39.2 Å². The van der Waals surface area contributed by atoms with Crippen LogP contribution in [0.25, 0.3) is 0 Å². The van der Waals surface area contributed by atoms with Gasteiger partial charge in [0.05, 0.1) is 10.6 Å². The minimum absolute atomic E-state index is 0.0155. The minimum atomic E-state index is -5.56. The second kappa shape index (κ2) is 9.41. The summed E-state index contributed by atoms with van der Waals surface area (Å²) in [6.07, 6.45) is 1.43. The van der Waals surface area contributed by atoms with Crippen molar-refractivity contribution < 1.29 is 36.0 Å². The van der Waals surface area contributed by atoms with Gasteiger partial charge in [-0.25, -0.2) is 23.1 Å². The van der Waals surface area contributed by atoms with E-state index < -0.39 is 32.2 Å². The van der Waals surface area contributed by atoms with Crippen molar-refractivity contribution in [1.82, 2.24) is 9.88 Å². The standard InChI is InChI=1S/C23H17F3N4O5S/c24-23(25,26)36(34,35)18-8-6-17(7-9-18)30-20(31)14-29(22(30)33)13-15-10-11-27-19(12-15)28-21(32)16-4-2-1-3-5-16/h1-12H,13-14H2,(H,27,28,32). The molecule has 0 spiro atoms. The lowest BCUT2D eigenvalue weighted by atomic mass is 10.2. The number of hydrogen-bond donors (Lipinski definition) is 1. The summed E-state index contributed by atoms with van der Waals surface area (Å²) >= 11 is 0. The molecule has 1 saturated heterocycles. The number of carbonyl (C=O) groups is 3. The zero-order valence-electron chi connectivity index (χ0n) is 18.3. The Morgan fingerprint density at radius 3 is 2.31 bits per heavy atom. The van der Waals surface area contributed by atoms with Gasteiger partial charge in [-0.05, 0) is 54.1 Å². The number of aromatic nitrogens is 1. The Hall–Kier alpha value is -4.26. The number of imide groups is 1. The van der Waals surface area contributed by atoms with Gasteiger partial charge in [0.25, 0.3) is 21.7 Å². The lowest BCUT2D eigenvalue weighted by Crippen LogP contribution is -2.32. The molecule has 1 aliphatic rings. The summed E-state index contributed by atoms with van der Waals surface area (Å²) in [5, 5.41) is 2.65. The van der Waals surface area contributed by atoms with E-state index in [0.717, 1.165) is 17.0 Å². The molecule has 0 unspecified atom stereocenters. The van der Waals surface area contributed by atoms with E-state index in [-0.39, 0.29) is 30.5 Å². The van der Waals surface area contributed by atoms with Gasteiger partial charge in [0.1, 0.15) is 12.4 Å². The number of halogens is 3. The van der Waals surface area contributed by atoms with Crippen molar-refractivity contribution in [2.75, 3.05) is 16.8 Å². The summed E-state index contributed by atoms with van der Waals surface area (Å²) in [6, 6.07) is 14.1. The van der Waals surface area contributed by atoms with Gasteiger partial charge in [0.2, 0.25) is 0 Å². The Morgan fingerprint density at radius 2 is 1.67 bits per heavy atom. The number of urea groups is 1. The average molecular weight is 518 g/mol. The van der Waals surface area contributed by atoms with E-state index >= 15 is 0 Å². The van der Waals surface area contributed by atoms with Crippen LogP contribution in [0.3, 0.4) is 0 Å². The van der Waals surface area contributed by atoms with Crippen molar-refractivity contribution in [2.24, 2.45) is 0 Å². The van der Waals surface area contributed by atoms with Crippen molar-refractivity contribution in [3.63, 3.8) is 0 Å². The van der Waals surface area contributed by atoms with Crippen LogP contribution >= 0.6 is 0 Å². The number of carbonyl (C=O) groups excluding carboxylic acids is 3. The first-order chi connectivity index (χ1) is 17.0. The molecule has 13 heteroatoms. The maximum Gasteiger partial charge on any atom is 0.501 e. The smallest absolute Gasteiger partial charge is 0.310 e. The third-order valence-corrected chi connectivity index (χ3v) is 6.72. The summed E-state index contributed by atoms with van der Waals surface area (Å²) in [7, 11) is -5.56. The van der Waals surface area contributed by atoms with E-state index in [0.29, 0.717) is 23.3 Å². The van der Waals surface area contributed by atoms with Crippen LogP contribution in [0.1, 0.15) is 15.9 Å². The van der Waals surface area contributed by atoms with E-state index in [1.807, 2.05) is 0 Å². The van der Waals surface area contributed by atoms with E-state index in [9.17, 15) is 36.0 Å². The SMILES string of the molecule is O=C(Nc1cc(CN2CC(=O)N(c3ccc(S(=O)(=O)C(F)(F)F)cc3)C2=O)ccn1)c1ccccc1. The highest BCUT2D eigenvalue weighted by Gasteiger charge is 2.47. The van der Waals surface area contributed by atoms with E-state index in [1.54, 1.807) is 36.4 Å². The fourth-order valence-corrected chi connectivity index (χ4v) is 4.24. The van der Waals surface area contributed by atoms with E-state index in [4.69, 9.17) is 0 Å². The van der Waals surface area contributed by atoms with E-state index in [1.165, 1.54) is 17.2 Å². The number of rotatable bonds is 6. The van der Waals surface area contributed by atoms with Crippen molar-refractivity contribution in [1.29, 1.82) is 0 Å². The molecular formula is C23H17F3N4O5S. The second-order valence-electron chi connectivity index (χ2n) is 7.68. The van der Waals surface area contributed by atoms with Crippen LogP contribution in [0.2, 0.25) is 0 Å². The minimum Gasteiger partial charge on any atom is -0.310 e. The molecule has 1 aliphatic heterocycles. The molecule has 0 aliphatic carbocycles. The number of hydrogen-bond acceptors (Lipinski definition) is 6. The molecule has 1 aromatic heterocycles. The highest BCUT2D eigenvalue weighted by atomic mass is 32.2. The topological polar surface area (TPSA) is 117 Å². The lowest BCUT2D eigenvalue weighted by Gasteiger charge is -2.18. The van der Waals surface area contributed by atoms with Crippen molar-refractivity contribution in [2.45, 2.75) is 16.9 Å². The predicted octanol–water partition coefficient (Wildman–Crippen LogP) is 3.60. The third kappa shape index (κ3) is 4.91. The Kier molecular flexibility index (Phi) is 6.50. The molecule has 4 amide bonds. The predicted molar refractivity (Wildman–Crippen MR) is 122 cm³/mol. The van der Waals surface area contributed by atoms with Gasteiger partial charge in [0, 0.05) is 18.3 Å². The molecule has 186 valence electrons. The van der Waals surface area contributed by atoms with Crippen LogP contribution in [0.4, 0.5) is 29.5 Å². The summed E-state index contributed by atoms with van der Waals surface area (Å²) in [6.45, 7) is -0.326. The number of pyridine rings is 1. The monoisotopic (exact) mass is 518 g/mol. The number of amides is 4. The van der Waals surface area contributed by atoms with Crippen LogP contribution in [0.5, 0.6) is 0 Å². The molecule has 3 aromatic rings. The molecule has 9 nitrogen and oxygen atoms in total. The molecule has 4 rings (SSSR count). The van der Waals surface area contributed by atoms with Gasteiger partial charge in [0.15, 0.2) is 0 Å². The van der Waals surface area contributed by atoms with Gasteiger partial charge in [-0.15, -0.1) is 0 Å². The maximum atomic E-state index is 12.9. The maximum absolute atomic E-state index is 12.9. The highest BCUT2D eigenvalue weighted by molar-refractivity contribution is 7.92. The van der Waals surface area contributed by atoms with E-state index in [2.05, 4.69) is 10.3 Å². The Morgan fingerprint density at radius 1 is 1.00 bits per heavy atom. The molecule has 0 radical (unpaired) electrons. The number of alkyl halides is 3. The fraction of sp³-hybridized carbons (Fsp3) is 0.130. The number of benzene rings is 2. The molecular weight excluding hydrogens is 501 g/mol. The van der Waals surface area contributed by atoms with Gasteiger partial charge < -0.3 is 10.2 Å². The van der Waals surface area contributed by atoms with Gasteiger partial charge in [-0.1, -0.05) is 18.2 Å². The summed E-state index contributed by atoms with van der Waals surface area (Å²) in [5.41, 5.74) is -4.56. The zero-order valence-corrected chi connectivity index (χ0v) is 19.1. The normalized spacial score (nSPS) is 14.3. The molecule has 2 aromatic carbocycles. The van der Waals surface area contributed by atoms with Crippen LogP contribution in [0, 0.1) is 0 Å². The molecule has 2 heterocycles.